The molecule has 0 aliphatic rings. The molecule has 7 heteroatoms. The van der Waals surface area contributed by atoms with E-state index in [4.69, 9.17) is 23.2 Å². The summed E-state index contributed by atoms with van der Waals surface area (Å²) in [7, 11) is 0. The number of benzene rings is 2. The molecule has 0 bridgehead atoms. The molecule has 0 aliphatic heterocycles. The van der Waals surface area contributed by atoms with E-state index in [1.807, 2.05) is 30.3 Å². The lowest BCUT2D eigenvalue weighted by atomic mass is 10.2. The van der Waals surface area contributed by atoms with Crippen molar-refractivity contribution in [2.24, 2.45) is 0 Å². The highest BCUT2D eigenvalue weighted by Crippen LogP contribution is 2.23. The zero-order chi connectivity index (χ0) is 19.1. The zero-order valence-electron chi connectivity index (χ0n) is 14.6. The summed E-state index contributed by atoms with van der Waals surface area (Å²) in [4.78, 5) is 25.0. The number of hydrogen-bond acceptors (Lipinski definition) is 3. The second kappa shape index (κ2) is 9.46. The average molecular weight is 395 g/mol. The molecule has 0 radical (unpaired) electrons. The van der Waals surface area contributed by atoms with Gasteiger partial charge in [0.05, 0.1) is 34.2 Å². The van der Waals surface area contributed by atoms with Gasteiger partial charge in [0.15, 0.2) is 0 Å². The summed E-state index contributed by atoms with van der Waals surface area (Å²) in [6.45, 7) is 4.53. The Hall–Kier alpha value is -2.24. The van der Waals surface area contributed by atoms with Crippen LogP contribution in [0.5, 0.6) is 0 Å². The van der Waals surface area contributed by atoms with Gasteiger partial charge in [0.25, 0.3) is 0 Å². The van der Waals surface area contributed by atoms with Crippen molar-refractivity contribution in [3.63, 3.8) is 0 Å². The largest absolute Gasteiger partial charge is 0.466 e. The van der Waals surface area contributed by atoms with Gasteiger partial charge in [-0.1, -0.05) is 48.3 Å². The lowest BCUT2D eigenvalue weighted by Gasteiger charge is -2.05. The number of esters is 1. The van der Waals surface area contributed by atoms with Crippen LogP contribution >= 0.6 is 23.2 Å². The lowest BCUT2D eigenvalue weighted by Crippen LogP contribution is -2.17. The summed E-state index contributed by atoms with van der Waals surface area (Å²) in [6, 6.07) is 13.0. The Morgan fingerprint density at radius 2 is 1.85 bits per heavy atom. The number of aromatic amines is 1. The first-order valence-electron chi connectivity index (χ1n) is 8.23. The number of ether oxygens (including phenoxy) is 1. The minimum Gasteiger partial charge on any atom is -0.466 e. The van der Waals surface area contributed by atoms with E-state index in [-0.39, 0.29) is 11.7 Å². The van der Waals surface area contributed by atoms with Crippen LogP contribution in [-0.4, -0.2) is 22.1 Å². The monoisotopic (exact) mass is 394 g/mol. The highest BCUT2D eigenvalue weighted by molar-refractivity contribution is 6.42. The number of imidazole rings is 1. The third-order valence-corrected chi connectivity index (χ3v) is 4.34. The number of nitrogens with one attached hydrogen (secondary N) is 1. The van der Waals surface area contributed by atoms with Crippen molar-refractivity contribution in [2.75, 3.05) is 6.61 Å². The molecule has 3 rings (SSSR count). The molecule has 138 valence electrons. The van der Waals surface area contributed by atoms with Crippen LogP contribution in [-0.2, 0) is 16.1 Å². The zero-order valence-corrected chi connectivity index (χ0v) is 16.1. The number of hydrogen-bond donors (Lipinski definition) is 1. The molecule has 1 aromatic heterocycles. The van der Waals surface area contributed by atoms with Crippen LogP contribution in [0.4, 0.5) is 0 Å². The molecule has 1 N–H and O–H groups in total. The Morgan fingerprint density at radius 3 is 2.46 bits per heavy atom. The van der Waals surface area contributed by atoms with Gasteiger partial charge in [0.1, 0.15) is 0 Å². The van der Waals surface area contributed by atoms with Crippen LogP contribution in [0.2, 0.25) is 10.0 Å². The normalized spacial score (nSPS) is 10.3. The maximum atomic E-state index is 11.9. The van der Waals surface area contributed by atoms with Crippen LogP contribution in [0.25, 0.3) is 11.0 Å². The van der Waals surface area contributed by atoms with Crippen molar-refractivity contribution in [1.82, 2.24) is 9.55 Å². The predicted molar refractivity (Wildman–Crippen MR) is 105 cm³/mol. The second-order valence-corrected chi connectivity index (χ2v) is 6.25. The van der Waals surface area contributed by atoms with Crippen molar-refractivity contribution in [2.45, 2.75) is 26.8 Å². The quantitative estimate of drug-likeness (QED) is 0.655. The molecule has 0 fully saturated rings. The Kier molecular flexibility index (Phi) is 7.30. The van der Waals surface area contributed by atoms with E-state index in [9.17, 15) is 9.59 Å². The summed E-state index contributed by atoms with van der Waals surface area (Å²) in [5, 5.41) is 1.00. The third-order valence-electron chi connectivity index (χ3n) is 3.60. The van der Waals surface area contributed by atoms with Crippen LogP contribution in [0.1, 0.15) is 25.8 Å². The van der Waals surface area contributed by atoms with Gasteiger partial charge in [0, 0.05) is 6.42 Å². The Morgan fingerprint density at radius 1 is 1.12 bits per heavy atom. The Bertz CT molecular complexity index is 947. The lowest BCUT2D eigenvalue weighted by molar-refractivity contribution is -0.142. The van der Waals surface area contributed by atoms with Crippen LogP contribution in [0.15, 0.2) is 47.3 Å². The SMILES string of the molecule is CCOC(=O)CC.O=c1[nH]c2ccccc2n1Cc1ccc(Cl)c(Cl)c1. The number of para-hydroxylation sites is 2. The van der Waals surface area contributed by atoms with Gasteiger partial charge < -0.3 is 9.72 Å². The minimum absolute atomic E-state index is 0.123. The fourth-order valence-corrected chi connectivity index (χ4v) is 2.67. The van der Waals surface area contributed by atoms with Crippen molar-refractivity contribution < 1.29 is 9.53 Å². The number of carbonyl (C=O) groups excluding carboxylic acids is 1. The van der Waals surface area contributed by atoms with E-state index in [1.54, 1.807) is 30.5 Å². The molecule has 0 atom stereocenters. The van der Waals surface area contributed by atoms with E-state index in [0.717, 1.165) is 16.6 Å². The number of fused-ring (bicyclic) bond motifs is 1. The van der Waals surface area contributed by atoms with Crippen LogP contribution < -0.4 is 5.69 Å². The smallest absolute Gasteiger partial charge is 0.326 e. The average Bonchev–Trinajstić information content (AvgIpc) is 2.94. The molecular weight excluding hydrogens is 375 g/mol. The molecule has 0 amide bonds. The minimum atomic E-state index is -0.132. The third kappa shape index (κ3) is 5.13. The Balaban J connectivity index is 0.000000298. The molecular formula is C19H20Cl2N2O3. The maximum absolute atomic E-state index is 11.9. The fraction of sp³-hybridized carbons (Fsp3) is 0.263. The van der Waals surface area contributed by atoms with Crippen molar-refractivity contribution in [3.05, 3.63) is 68.6 Å². The van der Waals surface area contributed by atoms with Crippen molar-refractivity contribution in [3.8, 4) is 0 Å². The van der Waals surface area contributed by atoms with Gasteiger partial charge in [-0.15, -0.1) is 0 Å². The van der Waals surface area contributed by atoms with Crippen molar-refractivity contribution in [1.29, 1.82) is 0 Å². The molecule has 0 unspecified atom stereocenters. The van der Waals surface area contributed by atoms with E-state index in [1.165, 1.54) is 0 Å². The molecule has 5 nitrogen and oxygen atoms in total. The molecule has 0 saturated carbocycles. The highest BCUT2D eigenvalue weighted by Gasteiger charge is 2.07. The number of rotatable bonds is 4. The molecule has 0 spiro atoms. The Labute approximate surface area is 161 Å². The molecule has 0 saturated heterocycles. The number of carbonyl (C=O) groups is 1. The predicted octanol–water partition coefficient (Wildman–Crippen LogP) is 4.64. The standard InChI is InChI=1S/C14H10Cl2N2O.C5H10O2/c15-10-6-5-9(7-11(10)16)8-18-13-4-2-1-3-12(13)17-14(18)19;1-3-5(6)7-4-2/h1-7H,8H2,(H,17,19);3-4H2,1-2H3. The first kappa shape index (κ1) is 20.1. The highest BCUT2D eigenvalue weighted by atomic mass is 35.5. The summed E-state index contributed by atoms with van der Waals surface area (Å²) in [5.74, 6) is -0.123. The summed E-state index contributed by atoms with van der Waals surface area (Å²) < 4.78 is 6.23. The van der Waals surface area contributed by atoms with Gasteiger partial charge in [-0.2, -0.15) is 0 Å². The van der Waals surface area contributed by atoms with Crippen LogP contribution in [0, 0.1) is 0 Å². The first-order valence-corrected chi connectivity index (χ1v) is 8.99. The molecule has 3 aromatic rings. The van der Waals surface area contributed by atoms with Gasteiger partial charge in [-0.25, -0.2) is 4.79 Å². The summed E-state index contributed by atoms with van der Waals surface area (Å²) in [6.07, 6.45) is 0.480. The van der Waals surface area contributed by atoms with Crippen LogP contribution in [0.3, 0.4) is 0 Å². The summed E-state index contributed by atoms with van der Waals surface area (Å²) in [5.41, 5.74) is 2.50. The number of aromatic nitrogens is 2. The molecule has 26 heavy (non-hydrogen) atoms. The van der Waals surface area contributed by atoms with Gasteiger partial charge in [0.2, 0.25) is 0 Å². The van der Waals surface area contributed by atoms with E-state index < -0.39 is 0 Å². The number of H-pyrrole nitrogens is 1. The van der Waals surface area contributed by atoms with E-state index in [2.05, 4.69) is 9.72 Å². The summed E-state index contributed by atoms with van der Waals surface area (Å²) >= 11 is 11.9. The van der Waals surface area contributed by atoms with E-state index in [0.29, 0.717) is 29.6 Å². The van der Waals surface area contributed by atoms with Gasteiger partial charge >= 0.3 is 11.7 Å². The molecule has 0 aliphatic carbocycles. The number of halogens is 2. The van der Waals surface area contributed by atoms with Gasteiger partial charge in [-0.3, -0.25) is 9.36 Å². The second-order valence-electron chi connectivity index (χ2n) is 5.44. The van der Waals surface area contributed by atoms with Gasteiger partial charge in [-0.05, 0) is 36.8 Å². The topological polar surface area (TPSA) is 64.1 Å². The fourth-order valence-electron chi connectivity index (χ4n) is 2.35. The molecule has 2 aromatic carbocycles. The van der Waals surface area contributed by atoms with E-state index >= 15 is 0 Å². The molecule has 1 heterocycles. The number of nitrogens with zero attached hydrogens (tertiary/aromatic N) is 1. The first-order chi connectivity index (χ1) is 12.5. The maximum Gasteiger partial charge on any atom is 0.326 e. The van der Waals surface area contributed by atoms with Crippen molar-refractivity contribution >= 4 is 40.2 Å².